The first-order valence-electron chi connectivity index (χ1n) is 8.32. The van der Waals surface area contributed by atoms with Crippen LogP contribution in [0.4, 0.5) is 14.0 Å². The van der Waals surface area contributed by atoms with E-state index >= 15 is 0 Å². The zero-order valence-electron chi connectivity index (χ0n) is 15.6. The lowest BCUT2D eigenvalue weighted by Crippen LogP contribution is -2.39. The highest BCUT2D eigenvalue weighted by Crippen LogP contribution is 2.12. The SMILES string of the molecule is C[C@@H](NC(=O)NCCCN(C)C(=O)OC(C)(C)C)c1ccc(F)cc1. The summed E-state index contributed by atoms with van der Waals surface area (Å²) in [5.74, 6) is -0.311. The molecule has 1 aromatic carbocycles. The largest absolute Gasteiger partial charge is 0.444 e. The van der Waals surface area contributed by atoms with Crippen LogP contribution >= 0.6 is 0 Å². The monoisotopic (exact) mass is 353 g/mol. The number of nitrogens with zero attached hydrogens (tertiary/aromatic N) is 1. The highest BCUT2D eigenvalue weighted by Gasteiger charge is 2.19. The van der Waals surface area contributed by atoms with E-state index in [9.17, 15) is 14.0 Å². The maximum Gasteiger partial charge on any atom is 0.410 e. The highest BCUT2D eigenvalue weighted by molar-refractivity contribution is 5.74. The van der Waals surface area contributed by atoms with E-state index in [-0.39, 0.29) is 24.0 Å². The second kappa shape index (κ2) is 9.25. The van der Waals surface area contributed by atoms with E-state index in [2.05, 4.69) is 10.6 Å². The maximum absolute atomic E-state index is 12.9. The summed E-state index contributed by atoms with van der Waals surface area (Å²) in [7, 11) is 1.66. The number of nitrogens with one attached hydrogen (secondary N) is 2. The predicted molar refractivity (Wildman–Crippen MR) is 94.8 cm³/mol. The first-order valence-corrected chi connectivity index (χ1v) is 8.32. The molecular weight excluding hydrogens is 325 g/mol. The Bertz CT molecular complexity index is 570. The van der Waals surface area contributed by atoms with Crippen LogP contribution in [0, 0.1) is 5.82 Å². The van der Waals surface area contributed by atoms with Crippen LogP contribution in [0.1, 0.15) is 45.7 Å². The molecular formula is C18H28FN3O3. The summed E-state index contributed by atoms with van der Waals surface area (Å²) in [6, 6.07) is 5.45. The Morgan fingerprint density at radius 3 is 2.40 bits per heavy atom. The Balaban J connectivity index is 2.26. The molecule has 0 aliphatic heterocycles. The number of hydrogen-bond acceptors (Lipinski definition) is 3. The molecule has 0 saturated carbocycles. The summed E-state index contributed by atoms with van der Waals surface area (Å²) in [6.07, 6.45) is 0.218. The van der Waals surface area contributed by atoms with Gasteiger partial charge in [-0.2, -0.15) is 0 Å². The summed E-state index contributed by atoms with van der Waals surface area (Å²) < 4.78 is 18.1. The van der Waals surface area contributed by atoms with Crippen molar-refractivity contribution in [3.63, 3.8) is 0 Å². The minimum Gasteiger partial charge on any atom is -0.444 e. The van der Waals surface area contributed by atoms with E-state index in [0.717, 1.165) is 5.56 Å². The molecule has 0 unspecified atom stereocenters. The molecule has 140 valence electrons. The third kappa shape index (κ3) is 8.37. The number of rotatable bonds is 6. The molecule has 0 radical (unpaired) electrons. The summed E-state index contributed by atoms with van der Waals surface area (Å²) in [5, 5.41) is 5.51. The summed E-state index contributed by atoms with van der Waals surface area (Å²) in [5.41, 5.74) is 0.293. The van der Waals surface area contributed by atoms with Gasteiger partial charge < -0.3 is 20.3 Å². The smallest absolute Gasteiger partial charge is 0.410 e. The number of ether oxygens (including phenoxy) is 1. The zero-order valence-corrected chi connectivity index (χ0v) is 15.6. The number of carbonyl (C=O) groups is 2. The summed E-state index contributed by atoms with van der Waals surface area (Å²) in [4.78, 5) is 25.1. The molecule has 0 aromatic heterocycles. The second-order valence-corrected chi connectivity index (χ2v) is 6.93. The molecule has 0 bridgehead atoms. The van der Waals surface area contributed by atoms with Gasteiger partial charge in [0.05, 0.1) is 6.04 Å². The van der Waals surface area contributed by atoms with Gasteiger partial charge in [0, 0.05) is 20.1 Å². The van der Waals surface area contributed by atoms with Crippen molar-refractivity contribution in [3.05, 3.63) is 35.6 Å². The van der Waals surface area contributed by atoms with Crippen LogP contribution in [0.25, 0.3) is 0 Å². The van der Waals surface area contributed by atoms with Crippen molar-refractivity contribution in [1.82, 2.24) is 15.5 Å². The van der Waals surface area contributed by atoms with E-state index < -0.39 is 5.60 Å². The van der Waals surface area contributed by atoms with Crippen molar-refractivity contribution >= 4 is 12.1 Å². The fourth-order valence-electron chi connectivity index (χ4n) is 2.03. The molecule has 7 heteroatoms. The lowest BCUT2D eigenvalue weighted by atomic mass is 10.1. The molecule has 0 spiro atoms. The first kappa shape index (κ1) is 20.7. The van der Waals surface area contributed by atoms with Crippen molar-refractivity contribution in [2.75, 3.05) is 20.1 Å². The molecule has 1 atom stereocenters. The molecule has 0 aliphatic carbocycles. The van der Waals surface area contributed by atoms with Gasteiger partial charge in [-0.1, -0.05) is 12.1 Å². The molecule has 25 heavy (non-hydrogen) atoms. The van der Waals surface area contributed by atoms with Crippen LogP contribution in [0.15, 0.2) is 24.3 Å². The van der Waals surface area contributed by atoms with Crippen LogP contribution in [0.2, 0.25) is 0 Å². The quantitative estimate of drug-likeness (QED) is 0.770. The average molecular weight is 353 g/mol. The third-order valence-electron chi connectivity index (χ3n) is 3.38. The Morgan fingerprint density at radius 1 is 1.24 bits per heavy atom. The minimum atomic E-state index is -0.528. The molecule has 1 rings (SSSR count). The molecule has 0 saturated heterocycles. The van der Waals surface area contributed by atoms with Gasteiger partial charge in [0.15, 0.2) is 0 Å². The van der Waals surface area contributed by atoms with Crippen LogP contribution in [-0.4, -0.2) is 42.8 Å². The molecule has 2 N–H and O–H groups in total. The molecule has 0 aliphatic rings. The van der Waals surface area contributed by atoms with E-state index in [1.54, 1.807) is 19.2 Å². The van der Waals surface area contributed by atoms with Gasteiger partial charge in [-0.05, 0) is 51.8 Å². The standard InChI is InChI=1S/C18H28FN3O3/c1-13(14-7-9-15(19)10-8-14)21-16(23)20-11-6-12-22(5)17(24)25-18(2,3)4/h7-10,13H,6,11-12H2,1-5H3,(H2,20,21,23)/t13-/m1/s1. The van der Waals surface area contributed by atoms with Crippen LogP contribution < -0.4 is 10.6 Å². The lowest BCUT2D eigenvalue weighted by molar-refractivity contribution is 0.0298. The normalized spacial score (nSPS) is 12.2. The van der Waals surface area contributed by atoms with Gasteiger partial charge in [-0.25, -0.2) is 14.0 Å². The predicted octanol–water partition coefficient (Wildman–Crippen LogP) is 3.44. The Kier molecular flexibility index (Phi) is 7.67. The Labute approximate surface area is 148 Å². The van der Waals surface area contributed by atoms with Gasteiger partial charge >= 0.3 is 12.1 Å². The number of halogens is 1. The van der Waals surface area contributed by atoms with Gasteiger partial charge in [0.1, 0.15) is 11.4 Å². The van der Waals surface area contributed by atoms with Crippen molar-refractivity contribution in [2.24, 2.45) is 0 Å². The summed E-state index contributed by atoms with van der Waals surface area (Å²) >= 11 is 0. The van der Waals surface area contributed by atoms with E-state index in [0.29, 0.717) is 19.5 Å². The summed E-state index contributed by atoms with van der Waals surface area (Å²) in [6.45, 7) is 8.16. The van der Waals surface area contributed by atoms with Gasteiger partial charge in [0.25, 0.3) is 0 Å². The molecule has 0 fully saturated rings. The van der Waals surface area contributed by atoms with Crippen molar-refractivity contribution < 1.29 is 18.7 Å². The third-order valence-corrected chi connectivity index (χ3v) is 3.38. The number of urea groups is 1. The van der Waals surface area contributed by atoms with E-state index in [4.69, 9.17) is 4.74 Å². The maximum atomic E-state index is 12.9. The Morgan fingerprint density at radius 2 is 1.84 bits per heavy atom. The number of benzene rings is 1. The topological polar surface area (TPSA) is 70.7 Å². The van der Waals surface area contributed by atoms with Crippen LogP contribution in [0.5, 0.6) is 0 Å². The van der Waals surface area contributed by atoms with Crippen molar-refractivity contribution in [3.8, 4) is 0 Å². The van der Waals surface area contributed by atoms with E-state index in [1.807, 2.05) is 27.7 Å². The van der Waals surface area contributed by atoms with Crippen LogP contribution in [-0.2, 0) is 4.74 Å². The zero-order chi connectivity index (χ0) is 19.0. The van der Waals surface area contributed by atoms with Crippen molar-refractivity contribution in [1.29, 1.82) is 0 Å². The van der Waals surface area contributed by atoms with Crippen molar-refractivity contribution in [2.45, 2.75) is 45.8 Å². The van der Waals surface area contributed by atoms with Gasteiger partial charge in [0.2, 0.25) is 0 Å². The first-order chi connectivity index (χ1) is 11.6. The molecule has 6 nitrogen and oxygen atoms in total. The second-order valence-electron chi connectivity index (χ2n) is 6.93. The number of hydrogen-bond donors (Lipinski definition) is 2. The number of amides is 3. The minimum absolute atomic E-state index is 0.231. The Hall–Kier alpha value is -2.31. The number of carbonyl (C=O) groups excluding carboxylic acids is 2. The van der Waals surface area contributed by atoms with Gasteiger partial charge in [-0.15, -0.1) is 0 Å². The van der Waals surface area contributed by atoms with Crippen LogP contribution in [0.3, 0.4) is 0 Å². The molecule has 0 heterocycles. The average Bonchev–Trinajstić information content (AvgIpc) is 2.50. The van der Waals surface area contributed by atoms with Gasteiger partial charge in [-0.3, -0.25) is 0 Å². The highest BCUT2D eigenvalue weighted by atomic mass is 19.1. The lowest BCUT2D eigenvalue weighted by Gasteiger charge is -2.24. The molecule has 1 aromatic rings. The molecule has 3 amide bonds. The van der Waals surface area contributed by atoms with E-state index in [1.165, 1.54) is 17.0 Å². The fourth-order valence-corrected chi connectivity index (χ4v) is 2.03. The fraction of sp³-hybridized carbons (Fsp3) is 0.556.